The largest absolute Gasteiger partial charge is 0.457 e. The SMILES string of the molecule is CCCCCCCCCCCCCCCCCCCCCCCCCOCC(COC1OC(CO)C(O)C(OS(=O)(=O)O)C1O)OC(=O)CCCCCCCCCCCCCCCCCCCCCCC. The van der Waals surface area contributed by atoms with Gasteiger partial charge in [0.05, 0.1) is 19.8 Å². The van der Waals surface area contributed by atoms with E-state index in [2.05, 4.69) is 18.0 Å². The second-order valence-electron chi connectivity index (χ2n) is 21.3. The van der Waals surface area contributed by atoms with Crippen LogP contribution in [0.5, 0.6) is 0 Å². The molecular weight excluding hydrogens is 921 g/mol. The molecule has 6 unspecified atom stereocenters. The molecule has 0 saturated carbocycles. The Bertz CT molecular complexity index is 1240. The van der Waals surface area contributed by atoms with E-state index in [0.717, 1.165) is 38.5 Å². The van der Waals surface area contributed by atoms with Crippen molar-refractivity contribution in [3.8, 4) is 0 Å². The van der Waals surface area contributed by atoms with Gasteiger partial charge >= 0.3 is 16.4 Å². The van der Waals surface area contributed by atoms with Gasteiger partial charge in [-0.3, -0.25) is 9.35 Å². The Labute approximate surface area is 436 Å². The summed E-state index contributed by atoms with van der Waals surface area (Å²) in [6, 6.07) is 0. The van der Waals surface area contributed by atoms with Crippen LogP contribution in [0.2, 0.25) is 0 Å². The van der Waals surface area contributed by atoms with Crippen LogP contribution in [0.3, 0.4) is 0 Å². The molecule has 424 valence electrons. The monoisotopic (exact) mass is 1030 g/mol. The van der Waals surface area contributed by atoms with Crippen molar-refractivity contribution in [3.05, 3.63) is 0 Å². The first-order valence-corrected chi connectivity index (χ1v) is 31.7. The third-order valence-electron chi connectivity index (χ3n) is 14.5. The van der Waals surface area contributed by atoms with E-state index in [0.29, 0.717) is 13.0 Å². The number of hydrogen-bond donors (Lipinski definition) is 4. The lowest BCUT2D eigenvalue weighted by Gasteiger charge is -2.41. The summed E-state index contributed by atoms with van der Waals surface area (Å²) in [7, 11) is -5.06. The molecule has 0 spiro atoms. The maximum atomic E-state index is 13.0. The number of unbranched alkanes of at least 4 members (excludes halogenated alkanes) is 42. The fraction of sp³-hybridized carbons (Fsp3) is 0.983. The molecule has 1 aliphatic rings. The van der Waals surface area contributed by atoms with Gasteiger partial charge in [-0.1, -0.05) is 284 Å². The Morgan fingerprint density at radius 1 is 0.479 bits per heavy atom. The Hall–Kier alpha value is -0.900. The van der Waals surface area contributed by atoms with Crippen LogP contribution in [0.4, 0.5) is 0 Å². The molecule has 0 aromatic heterocycles. The van der Waals surface area contributed by atoms with Crippen molar-refractivity contribution in [2.24, 2.45) is 0 Å². The summed E-state index contributed by atoms with van der Waals surface area (Å²) < 4.78 is 59.5. The number of carbonyl (C=O) groups excluding carboxylic acids is 1. The van der Waals surface area contributed by atoms with Crippen LogP contribution in [-0.4, -0.2) is 97.5 Å². The number of carbonyl (C=O) groups is 1. The molecule has 13 heteroatoms. The summed E-state index contributed by atoms with van der Waals surface area (Å²) in [5, 5.41) is 30.9. The van der Waals surface area contributed by atoms with Crippen LogP contribution in [-0.2, 0) is 38.3 Å². The minimum absolute atomic E-state index is 0.0458. The van der Waals surface area contributed by atoms with E-state index in [1.165, 1.54) is 238 Å². The zero-order valence-corrected chi connectivity index (χ0v) is 46.9. The normalized spacial score (nSPS) is 18.9. The van der Waals surface area contributed by atoms with E-state index in [9.17, 15) is 33.1 Å². The molecule has 0 aromatic carbocycles. The summed E-state index contributed by atoms with van der Waals surface area (Å²) in [4.78, 5) is 13.0. The molecular formula is C58H114O12S. The predicted octanol–water partition coefficient (Wildman–Crippen LogP) is 15.2. The number of rotatable bonds is 55. The van der Waals surface area contributed by atoms with Crippen LogP contribution in [0.1, 0.15) is 303 Å². The van der Waals surface area contributed by atoms with Crippen molar-refractivity contribution >= 4 is 16.4 Å². The smallest absolute Gasteiger partial charge is 0.397 e. The van der Waals surface area contributed by atoms with Crippen LogP contribution in [0.25, 0.3) is 0 Å². The maximum Gasteiger partial charge on any atom is 0.397 e. The average Bonchev–Trinajstić information content (AvgIpc) is 3.35. The number of aliphatic hydroxyl groups is 3. The van der Waals surface area contributed by atoms with Crippen LogP contribution in [0.15, 0.2) is 0 Å². The Morgan fingerprint density at radius 2 is 0.803 bits per heavy atom. The molecule has 1 heterocycles. The summed E-state index contributed by atoms with van der Waals surface area (Å²) in [5.74, 6) is -0.388. The highest BCUT2D eigenvalue weighted by atomic mass is 32.3. The van der Waals surface area contributed by atoms with Crippen molar-refractivity contribution in [2.75, 3.05) is 26.4 Å². The zero-order valence-electron chi connectivity index (χ0n) is 46.1. The maximum absolute atomic E-state index is 13.0. The predicted molar refractivity (Wildman–Crippen MR) is 290 cm³/mol. The lowest BCUT2D eigenvalue weighted by molar-refractivity contribution is -0.301. The van der Waals surface area contributed by atoms with Gasteiger partial charge in [-0.05, 0) is 12.8 Å². The van der Waals surface area contributed by atoms with E-state index in [-0.39, 0.29) is 25.6 Å². The standard InChI is InChI=1S/C58H114O12S/c1-3-5-7-9-11-13-15-17-19-21-23-25-26-28-30-32-34-36-38-40-42-44-46-48-66-50-52(51-67-58-56(62)57(70-71(63,64)65)55(61)53(49-59)69-58)68-54(60)47-45-43-41-39-37-35-33-31-29-27-24-22-20-18-16-14-12-10-8-6-4-2/h52-53,55-59,61-62H,3-51H2,1-2H3,(H,63,64,65). The molecule has 0 amide bonds. The minimum atomic E-state index is -5.06. The molecule has 1 fully saturated rings. The molecule has 71 heavy (non-hydrogen) atoms. The first kappa shape index (κ1) is 68.1. The van der Waals surface area contributed by atoms with Crippen molar-refractivity contribution < 1.29 is 56.2 Å². The topological polar surface area (TPSA) is 178 Å². The van der Waals surface area contributed by atoms with E-state index >= 15 is 0 Å². The van der Waals surface area contributed by atoms with Gasteiger partial charge in [-0.25, -0.2) is 4.18 Å². The van der Waals surface area contributed by atoms with Crippen LogP contribution >= 0.6 is 0 Å². The van der Waals surface area contributed by atoms with Crippen molar-refractivity contribution in [3.63, 3.8) is 0 Å². The third-order valence-corrected chi connectivity index (χ3v) is 14.9. The summed E-state index contributed by atoms with van der Waals surface area (Å²) in [6.45, 7) is 4.09. The fourth-order valence-corrected chi connectivity index (χ4v) is 10.4. The van der Waals surface area contributed by atoms with E-state index in [4.69, 9.17) is 18.9 Å². The van der Waals surface area contributed by atoms with Crippen molar-refractivity contribution in [1.82, 2.24) is 0 Å². The summed E-state index contributed by atoms with van der Waals surface area (Å²) in [5.41, 5.74) is 0. The molecule has 6 atom stereocenters. The quantitative estimate of drug-likeness (QED) is 0.0258. The molecule has 0 aliphatic carbocycles. The van der Waals surface area contributed by atoms with E-state index in [1.54, 1.807) is 0 Å². The Balaban J connectivity index is 2.25. The highest BCUT2D eigenvalue weighted by molar-refractivity contribution is 7.80. The number of aliphatic hydroxyl groups excluding tert-OH is 3. The lowest BCUT2D eigenvalue weighted by Crippen LogP contribution is -2.60. The first-order valence-electron chi connectivity index (χ1n) is 30.3. The van der Waals surface area contributed by atoms with Gasteiger partial charge in [-0.2, -0.15) is 8.42 Å². The van der Waals surface area contributed by atoms with Crippen molar-refractivity contribution in [2.45, 2.75) is 340 Å². The second kappa shape index (κ2) is 49.9. The first-order chi connectivity index (χ1) is 34.6. The molecule has 1 rings (SSSR count). The van der Waals surface area contributed by atoms with Gasteiger partial charge in [0, 0.05) is 13.0 Å². The van der Waals surface area contributed by atoms with Gasteiger partial charge in [0.2, 0.25) is 0 Å². The molecule has 1 aliphatic heterocycles. The van der Waals surface area contributed by atoms with Crippen LogP contribution in [0, 0.1) is 0 Å². The molecule has 0 radical (unpaired) electrons. The van der Waals surface area contributed by atoms with Gasteiger partial charge in [-0.15, -0.1) is 0 Å². The van der Waals surface area contributed by atoms with Gasteiger partial charge in [0.25, 0.3) is 0 Å². The van der Waals surface area contributed by atoms with Gasteiger partial charge in [0.15, 0.2) is 6.29 Å². The highest BCUT2D eigenvalue weighted by Crippen LogP contribution is 2.26. The molecule has 0 bridgehead atoms. The third kappa shape index (κ3) is 43.0. The fourth-order valence-electron chi connectivity index (χ4n) is 9.91. The highest BCUT2D eigenvalue weighted by Gasteiger charge is 2.48. The lowest BCUT2D eigenvalue weighted by atomic mass is 9.99. The summed E-state index contributed by atoms with van der Waals surface area (Å²) in [6.07, 6.45) is 48.6. The molecule has 1 saturated heterocycles. The van der Waals surface area contributed by atoms with Gasteiger partial charge < -0.3 is 34.3 Å². The zero-order chi connectivity index (χ0) is 51.7. The molecule has 0 aromatic rings. The molecule has 12 nitrogen and oxygen atoms in total. The minimum Gasteiger partial charge on any atom is -0.457 e. The number of hydrogen-bond acceptors (Lipinski definition) is 11. The van der Waals surface area contributed by atoms with Crippen molar-refractivity contribution in [1.29, 1.82) is 0 Å². The van der Waals surface area contributed by atoms with Crippen LogP contribution < -0.4 is 0 Å². The number of esters is 1. The van der Waals surface area contributed by atoms with E-state index < -0.39 is 53.8 Å². The Kier molecular flexibility index (Phi) is 47.9. The second-order valence-corrected chi connectivity index (χ2v) is 22.4. The average molecular weight is 1040 g/mol. The Morgan fingerprint density at radius 3 is 1.13 bits per heavy atom. The summed E-state index contributed by atoms with van der Waals surface area (Å²) >= 11 is 0. The number of ether oxygens (including phenoxy) is 4. The van der Waals surface area contributed by atoms with E-state index in [1.807, 2.05) is 0 Å². The molecule has 4 N–H and O–H groups in total. The van der Waals surface area contributed by atoms with Gasteiger partial charge in [0.1, 0.15) is 30.5 Å².